The fourth-order valence-corrected chi connectivity index (χ4v) is 9.85. The fourth-order valence-electron chi connectivity index (χ4n) is 9.02. The number of amides is 1. The van der Waals surface area contributed by atoms with Crippen LogP contribution in [0.2, 0.25) is 0 Å². The van der Waals surface area contributed by atoms with Crippen LogP contribution >= 0.6 is 11.6 Å². The normalized spacial score (nSPS) is 21.1. The van der Waals surface area contributed by atoms with Crippen LogP contribution in [0.1, 0.15) is 53.1 Å². The van der Waals surface area contributed by atoms with Crippen molar-refractivity contribution < 1.29 is 57.5 Å². The molecular weight excluding hydrogens is 951 g/mol. The molecule has 354 valence electrons. The van der Waals surface area contributed by atoms with Gasteiger partial charge in [-0.1, -0.05) is 17.7 Å². The quantitative estimate of drug-likeness (QED) is 0.129. The molecule has 2 unspecified atom stereocenters. The van der Waals surface area contributed by atoms with E-state index in [1.807, 2.05) is 0 Å². The summed E-state index contributed by atoms with van der Waals surface area (Å²) in [5, 5.41) is 16.3. The van der Waals surface area contributed by atoms with Gasteiger partial charge < -0.3 is 5.32 Å². The van der Waals surface area contributed by atoms with Gasteiger partial charge in [0.05, 0.1) is 53.7 Å². The van der Waals surface area contributed by atoms with Crippen LogP contribution in [0.25, 0.3) is 27.9 Å². The topological polar surface area (TPSA) is 171 Å². The zero-order valence-electron chi connectivity index (χ0n) is 34.6. The lowest BCUT2D eigenvalue weighted by Gasteiger charge is -2.33. The van der Waals surface area contributed by atoms with Crippen molar-refractivity contribution in [1.82, 2.24) is 44.2 Å². The average molecular weight is 985 g/mol. The van der Waals surface area contributed by atoms with Crippen LogP contribution in [0.15, 0.2) is 75.7 Å². The summed E-state index contributed by atoms with van der Waals surface area (Å²) < 4.78 is 161. The summed E-state index contributed by atoms with van der Waals surface area (Å²) >= 11 is 6.67. The molecule has 0 bridgehead atoms. The molecule has 3 aliphatic carbocycles. The molecule has 0 spiro atoms. The molecule has 9 rings (SSSR count). The number of hydrogen-bond acceptors (Lipinski definition) is 10. The number of likely N-dealkylation sites (N-methyl/N-ethyl adjacent to an activating group) is 1. The summed E-state index contributed by atoms with van der Waals surface area (Å²) in [7, 11) is -2.47. The number of nitrogens with one attached hydrogen (secondary N) is 2. The van der Waals surface area contributed by atoms with E-state index in [4.69, 9.17) is 16.6 Å². The second kappa shape index (κ2) is 16.5. The Morgan fingerprint density at radius 2 is 1.79 bits per heavy atom. The first-order valence-electron chi connectivity index (χ1n) is 20.2. The summed E-state index contributed by atoms with van der Waals surface area (Å²) in [5.41, 5.74) is -2.44. The van der Waals surface area contributed by atoms with Crippen molar-refractivity contribution in [2.75, 3.05) is 19.9 Å². The molecule has 1 amide bonds. The minimum atomic E-state index is -4.87. The molecule has 0 saturated heterocycles. The first-order valence-corrected chi connectivity index (χ1v) is 22.4. The van der Waals surface area contributed by atoms with Crippen molar-refractivity contribution in [2.45, 2.75) is 62.6 Å². The van der Waals surface area contributed by atoms with Gasteiger partial charge in [0.2, 0.25) is 15.9 Å². The van der Waals surface area contributed by atoms with E-state index in [-0.39, 0.29) is 63.1 Å². The fraction of sp³-hybridized carbons (Fsp3) is 0.366. The number of rotatable bonds is 13. The molecule has 1 fully saturated rings. The lowest BCUT2D eigenvalue weighted by molar-refractivity contribution is -0.325. The molecule has 3 aromatic heterocycles. The Labute approximate surface area is 377 Å². The van der Waals surface area contributed by atoms with Crippen LogP contribution in [0.4, 0.5) is 39.5 Å². The number of fused-ring (bicyclic) bond motifs is 5. The Morgan fingerprint density at radius 1 is 1.06 bits per heavy atom. The van der Waals surface area contributed by atoms with Crippen LogP contribution in [0, 0.1) is 23.5 Å². The first-order chi connectivity index (χ1) is 31.5. The number of alkyl halides is 7. The number of allylic oxidation sites excluding steroid dienone is 2. The molecule has 5 aromatic rings. The Morgan fingerprint density at radius 3 is 2.48 bits per heavy atom. The zero-order chi connectivity index (χ0) is 48.1. The van der Waals surface area contributed by atoms with Gasteiger partial charge in [-0.3, -0.25) is 38.0 Å². The number of nitrogens with zero attached hydrogens (tertiary/aromatic N) is 8. The Hall–Kier alpha value is -6.21. The van der Waals surface area contributed by atoms with Gasteiger partial charge in [-0.15, -0.1) is 13.2 Å². The van der Waals surface area contributed by atoms with E-state index < -0.39 is 113 Å². The molecule has 67 heavy (non-hydrogen) atoms. The highest BCUT2D eigenvalue weighted by atomic mass is 35.5. The first kappa shape index (κ1) is 45.9. The third-order valence-corrected chi connectivity index (χ3v) is 12.7. The van der Waals surface area contributed by atoms with Gasteiger partial charge in [-0.25, -0.2) is 31.0 Å². The van der Waals surface area contributed by atoms with Crippen LogP contribution in [-0.4, -0.2) is 86.6 Å². The Bertz CT molecular complexity index is 3110. The van der Waals surface area contributed by atoms with Gasteiger partial charge in [-0.2, -0.15) is 24.1 Å². The van der Waals surface area contributed by atoms with Gasteiger partial charge in [0.1, 0.15) is 47.3 Å². The number of halogens is 10. The number of carbonyl (C=O) groups excluding carboxylic acids is 1. The molecule has 4 aliphatic rings. The van der Waals surface area contributed by atoms with E-state index in [9.17, 15) is 43.9 Å². The summed E-state index contributed by atoms with van der Waals surface area (Å²) in [4.78, 5) is 34.1. The van der Waals surface area contributed by atoms with Crippen molar-refractivity contribution in [3.8, 4) is 11.3 Å². The van der Waals surface area contributed by atoms with E-state index >= 15 is 13.6 Å². The standard InChI is InChI=1S/C41H34ClF9N10O5S/c1-58-34-29(6-5-25(42)32(34)37(56-58)57-67(2,64)65)61-38(53-27-14-19(3-4-22(27)39(61)63)26-7-8-59(54-26)9-10-66-41(49,50)51)28(13-18-11-20(43)15-21(44)12-18)52-30(62)17-60-35-31(33(55-60)36(45)46)23-16-24(23)40(35,47)48/h3-8,11-12,14-15,23-24,28,32,34,36H,9-10,13,16-17H2,1-2H3,(H,52,62)(H,56,57)/t23-,24+,28-,32?,34?/m0/s1. The average Bonchev–Trinajstić information content (AvgIpc) is 3.43. The smallest absolute Gasteiger partial charge is 0.344 e. The Kier molecular flexibility index (Phi) is 11.3. The molecule has 1 aliphatic heterocycles. The van der Waals surface area contributed by atoms with E-state index in [0.29, 0.717) is 16.3 Å². The number of amidine groups is 1. The van der Waals surface area contributed by atoms with E-state index in [1.165, 1.54) is 59.4 Å². The monoisotopic (exact) mass is 984 g/mol. The molecule has 5 atom stereocenters. The SMILES string of the molecule is CN1N=C(NS(C)(=O)=O)C2C(Cl)=CC=C(n3c([C@H](Cc4cc(F)cc(F)c4)NC(=O)Cn4nc(C(F)F)c5c4C(F)(F)[C@@H]4C[C@H]54)nc4cc(-c5ccn(CCOC(F)(F)F)n5)ccc4c3=O)C21. The van der Waals surface area contributed by atoms with Crippen molar-refractivity contribution in [3.63, 3.8) is 0 Å². The highest BCUT2D eigenvalue weighted by Crippen LogP contribution is 2.68. The predicted molar refractivity (Wildman–Crippen MR) is 221 cm³/mol. The van der Waals surface area contributed by atoms with Crippen LogP contribution in [0.3, 0.4) is 0 Å². The molecule has 15 nitrogen and oxygen atoms in total. The lowest BCUT2D eigenvalue weighted by Crippen LogP contribution is -2.44. The van der Waals surface area contributed by atoms with Crippen LogP contribution < -0.4 is 15.6 Å². The van der Waals surface area contributed by atoms with Gasteiger partial charge in [-0.05, 0) is 60.4 Å². The summed E-state index contributed by atoms with van der Waals surface area (Å²) in [5.74, 6) is -10.4. The van der Waals surface area contributed by atoms with E-state index in [0.717, 1.165) is 23.0 Å². The molecule has 1 saturated carbocycles. The second-order valence-corrected chi connectivity index (χ2v) is 18.6. The minimum absolute atomic E-state index is 0.0420. The maximum absolute atomic E-state index is 15.6. The predicted octanol–water partition coefficient (Wildman–Crippen LogP) is 6.29. The number of benzene rings is 2. The summed E-state index contributed by atoms with van der Waals surface area (Å²) in [6.45, 7) is -2.08. The third-order valence-electron chi connectivity index (χ3n) is 11.7. The second-order valence-electron chi connectivity index (χ2n) is 16.4. The van der Waals surface area contributed by atoms with Gasteiger partial charge in [0.15, 0.2) is 0 Å². The zero-order valence-corrected chi connectivity index (χ0v) is 36.2. The number of hydrazone groups is 1. The highest BCUT2D eigenvalue weighted by molar-refractivity contribution is 7.89. The van der Waals surface area contributed by atoms with Gasteiger partial charge in [0, 0.05) is 47.8 Å². The summed E-state index contributed by atoms with van der Waals surface area (Å²) in [6, 6.07) is 5.52. The molecular formula is C41H34ClF9N10O5S. The molecule has 4 heterocycles. The van der Waals surface area contributed by atoms with Gasteiger partial charge >= 0.3 is 6.36 Å². The number of sulfonamides is 1. The van der Waals surface area contributed by atoms with Crippen molar-refractivity contribution in [3.05, 3.63) is 116 Å². The van der Waals surface area contributed by atoms with Crippen molar-refractivity contribution in [1.29, 1.82) is 0 Å². The van der Waals surface area contributed by atoms with Crippen LogP contribution in [-0.2, 0) is 45.0 Å². The highest BCUT2D eigenvalue weighted by Gasteiger charge is 2.67. The Balaban J connectivity index is 1.18. The number of aromatic nitrogens is 6. The van der Waals surface area contributed by atoms with Crippen LogP contribution in [0.5, 0.6) is 0 Å². The maximum atomic E-state index is 15.6. The molecule has 2 aromatic carbocycles. The molecule has 2 N–H and O–H groups in total. The molecule has 0 radical (unpaired) electrons. The largest absolute Gasteiger partial charge is 0.522 e. The van der Waals surface area contributed by atoms with Gasteiger partial charge in [0.25, 0.3) is 17.9 Å². The number of ether oxygens (including phenoxy) is 1. The van der Waals surface area contributed by atoms with Crippen molar-refractivity contribution in [2.24, 2.45) is 16.9 Å². The van der Waals surface area contributed by atoms with E-state index in [1.54, 1.807) is 0 Å². The molecule has 26 heteroatoms. The lowest BCUT2D eigenvalue weighted by atomic mass is 9.91. The third kappa shape index (κ3) is 8.78. The summed E-state index contributed by atoms with van der Waals surface area (Å²) in [6.07, 6.45) is -3.65. The minimum Gasteiger partial charge on any atom is -0.344 e. The number of hydrogen-bond donors (Lipinski definition) is 2. The number of carbonyl (C=O) groups is 1. The van der Waals surface area contributed by atoms with E-state index in [2.05, 4.69) is 30.1 Å². The maximum Gasteiger partial charge on any atom is 0.522 e. The van der Waals surface area contributed by atoms with Crippen molar-refractivity contribution >= 4 is 50.0 Å².